The number of benzene rings is 3. The van der Waals surface area contributed by atoms with E-state index in [0.29, 0.717) is 0 Å². The summed E-state index contributed by atoms with van der Waals surface area (Å²) in [5.74, 6) is -0.502. The van der Waals surface area contributed by atoms with E-state index in [1.165, 1.54) is 12.1 Å². The van der Waals surface area contributed by atoms with Crippen LogP contribution in [-0.4, -0.2) is 36.4 Å². The number of carbonyl (C=O) groups is 2. The van der Waals surface area contributed by atoms with Gasteiger partial charge in [-0.3, -0.25) is 0 Å². The summed E-state index contributed by atoms with van der Waals surface area (Å²) in [5, 5.41) is 12.2. The molecule has 0 heterocycles. The zero-order valence-electron chi connectivity index (χ0n) is 19.9. The third kappa shape index (κ3) is 5.90. The van der Waals surface area contributed by atoms with E-state index in [2.05, 4.69) is 29.6 Å². The van der Waals surface area contributed by atoms with E-state index in [4.69, 9.17) is 9.47 Å². The van der Waals surface area contributed by atoms with Crippen molar-refractivity contribution in [2.75, 3.05) is 13.2 Å². The molecule has 3 aromatic rings. The molecule has 0 saturated carbocycles. The monoisotopic (exact) mass is 471 g/mol. The highest BCUT2D eigenvalue weighted by molar-refractivity contribution is 5.82. The first-order chi connectivity index (χ1) is 16.9. The van der Waals surface area contributed by atoms with E-state index in [9.17, 15) is 14.7 Å². The Morgan fingerprint density at radius 2 is 1.51 bits per heavy atom. The van der Waals surface area contributed by atoms with E-state index >= 15 is 0 Å². The normalized spacial score (nSPS) is 12.7. The summed E-state index contributed by atoms with van der Waals surface area (Å²) in [5.41, 5.74) is 6.31. The standard InChI is InChI=1S/C29H29NO5/c1-19(2)15-16-34-28(32)27(17-20-11-13-21(31)14-12-20)30-29(33)35-18-26-24-9-5-3-7-22(24)23-8-4-6-10-25(23)26/h3-15,26-27,31H,16-18H2,1-2H3,(H,30,33)/t27-/m0/s1. The molecule has 0 aliphatic heterocycles. The Labute approximate surface area is 205 Å². The summed E-state index contributed by atoms with van der Waals surface area (Å²) < 4.78 is 11.0. The number of phenols is 1. The lowest BCUT2D eigenvalue weighted by Crippen LogP contribution is -2.44. The van der Waals surface area contributed by atoms with Crippen LogP contribution in [0.25, 0.3) is 11.1 Å². The summed E-state index contributed by atoms with van der Waals surface area (Å²) in [6.45, 7) is 4.10. The second-order valence-electron chi connectivity index (χ2n) is 8.80. The molecule has 1 atom stereocenters. The maximum Gasteiger partial charge on any atom is 0.407 e. The molecule has 3 aromatic carbocycles. The summed E-state index contributed by atoms with van der Waals surface area (Å²) in [7, 11) is 0. The summed E-state index contributed by atoms with van der Waals surface area (Å²) in [6.07, 6.45) is 1.32. The van der Waals surface area contributed by atoms with Crippen molar-refractivity contribution in [3.8, 4) is 16.9 Å². The van der Waals surface area contributed by atoms with Crippen LogP contribution in [0.2, 0.25) is 0 Å². The van der Waals surface area contributed by atoms with Crippen molar-refractivity contribution >= 4 is 12.1 Å². The van der Waals surface area contributed by atoms with Gasteiger partial charge in [-0.2, -0.15) is 0 Å². The number of fused-ring (bicyclic) bond motifs is 3. The number of hydrogen-bond acceptors (Lipinski definition) is 5. The van der Waals surface area contributed by atoms with Gasteiger partial charge in [-0.05, 0) is 59.9 Å². The Hall–Kier alpha value is -4.06. The Bertz CT molecular complexity index is 1180. The third-order valence-corrected chi connectivity index (χ3v) is 6.01. The molecular formula is C29H29NO5. The maximum absolute atomic E-state index is 12.8. The molecule has 0 bridgehead atoms. The van der Waals surface area contributed by atoms with Gasteiger partial charge >= 0.3 is 12.1 Å². The lowest BCUT2D eigenvalue weighted by molar-refractivity contribution is -0.144. The number of allylic oxidation sites excluding steroid dienone is 1. The molecule has 0 saturated heterocycles. The van der Waals surface area contributed by atoms with Gasteiger partial charge in [0, 0.05) is 12.3 Å². The quantitative estimate of drug-likeness (QED) is 0.342. The molecule has 35 heavy (non-hydrogen) atoms. The van der Waals surface area contributed by atoms with Crippen LogP contribution in [0.15, 0.2) is 84.4 Å². The highest BCUT2D eigenvalue weighted by Crippen LogP contribution is 2.44. The molecule has 0 fully saturated rings. The van der Waals surface area contributed by atoms with Crippen LogP contribution in [0, 0.1) is 0 Å². The molecule has 2 N–H and O–H groups in total. The summed E-state index contributed by atoms with van der Waals surface area (Å²) in [4.78, 5) is 25.5. The van der Waals surface area contributed by atoms with Gasteiger partial charge in [0.2, 0.25) is 0 Å². The third-order valence-electron chi connectivity index (χ3n) is 6.01. The second kappa shape index (κ2) is 10.9. The predicted molar refractivity (Wildman–Crippen MR) is 134 cm³/mol. The summed E-state index contributed by atoms with van der Waals surface area (Å²) >= 11 is 0. The fourth-order valence-corrected chi connectivity index (χ4v) is 4.23. The van der Waals surface area contributed by atoms with Gasteiger partial charge in [0.1, 0.15) is 25.0 Å². The first-order valence-corrected chi connectivity index (χ1v) is 11.6. The smallest absolute Gasteiger partial charge is 0.407 e. The fourth-order valence-electron chi connectivity index (χ4n) is 4.23. The summed E-state index contributed by atoms with van der Waals surface area (Å²) in [6, 6.07) is 21.8. The number of hydrogen-bond donors (Lipinski definition) is 2. The van der Waals surface area contributed by atoms with Crippen molar-refractivity contribution < 1.29 is 24.2 Å². The Morgan fingerprint density at radius 1 is 0.914 bits per heavy atom. The zero-order chi connectivity index (χ0) is 24.8. The molecule has 1 amide bonds. The molecule has 0 unspecified atom stereocenters. The van der Waals surface area contributed by atoms with E-state index in [0.717, 1.165) is 33.4 Å². The fraction of sp³-hybridized carbons (Fsp3) is 0.241. The highest BCUT2D eigenvalue weighted by atomic mass is 16.6. The van der Waals surface area contributed by atoms with Gasteiger partial charge in [0.05, 0.1) is 0 Å². The number of phenolic OH excluding ortho intramolecular Hbond substituents is 1. The number of nitrogens with one attached hydrogen (secondary N) is 1. The topological polar surface area (TPSA) is 84.9 Å². The lowest BCUT2D eigenvalue weighted by atomic mass is 9.98. The average Bonchev–Trinajstić information content (AvgIpc) is 3.17. The lowest BCUT2D eigenvalue weighted by Gasteiger charge is -2.19. The number of rotatable bonds is 8. The van der Waals surface area contributed by atoms with Gasteiger partial charge in [0.25, 0.3) is 0 Å². The number of alkyl carbamates (subject to hydrolysis) is 1. The molecule has 1 aliphatic carbocycles. The molecule has 1 aliphatic rings. The molecule has 0 radical (unpaired) electrons. The van der Waals surface area contributed by atoms with Gasteiger partial charge in [0.15, 0.2) is 0 Å². The molecule has 0 spiro atoms. The van der Waals surface area contributed by atoms with Gasteiger partial charge in [-0.1, -0.05) is 66.2 Å². The second-order valence-corrected chi connectivity index (χ2v) is 8.80. The number of amides is 1. The van der Waals surface area contributed by atoms with Crippen LogP contribution in [0.1, 0.15) is 36.5 Å². The molecule has 6 heteroatoms. The molecule has 4 rings (SSSR count). The van der Waals surface area contributed by atoms with Crippen molar-refractivity contribution in [3.05, 3.63) is 101 Å². The van der Waals surface area contributed by atoms with Crippen LogP contribution < -0.4 is 5.32 Å². The van der Waals surface area contributed by atoms with E-state index < -0.39 is 18.1 Å². The van der Waals surface area contributed by atoms with E-state index in [1.807, 2.05) is 38.1 Å². The van der Waals surface area contributed by atoms with Crippen LogP contribution in [0.4, 0.5) is 4.79 Å². The van der Waals surface area contributed by atoms with E-state index in [-0.39, 0.29) is 31.3 Å². The van der Waals surface area contributed by atoms with Crippen molar-refractivity contribution in [2.45, 2.75) is 32.2 Å². The Kier molecular flexibility index (Phi) is 7.51. The van der Waals surface area contributed by atoms with Crippen molar-refractivity contribution in [1.29, 1.82) is 0 Å². The SMILES string of the molecule is CC(C)=CCOC(=O)[C@H](Cc1ccc(O)cc1)NC(=O)OCC1c2ccccc2-c2ccccc21. The minimum Gasteiger partial charge on any atom is -0.508 e. The number of esters is 1. The number of carbonyl (C=O) groups excluding carboxylic acids is 2. The van der Waals surface area contributed by atoms with Crippen molar-refractivity contribution in [1.82, 2.24) is 5.32 Å². The van der Waals surface area contributed by atoms with Crippen molar-refractivity contribution in [2.24, 2.45) is 0 Å². The van der Waals surface area contributed by atoms with Gasteiger partial charge in [-0.25, -0.2) is 9.59 Å². The van der Waals surface area contributed by atoms with Crippen LogP contribution in [-0.2, 0) is 20.7 Å². The molecular weight excluding hydrogens is 442 g/mol. The number of ether oxygens (including phenoxy) is 2. The van der Waals surface area contributed by atoms with Gasteiger partial charge in [-0.15, -0.1) is 0 Å². The molecule has 180 valence electrons. The average molecular weight is 472 g/mol. The largest absolute Gasteiger partial charge is 0.508 e. The van der Waals surface area contributed by atoms with Crippen LogP contribution in [0.3, 0.4) is 0 Å². The van der Waals surface area contributed by atoms with Crippen LogP contribution in [0.5, 0.6) is 5.75 Å². The first kappa shape index (κ1) is 24.1. The minimum atomic E-state index is -0.930. The predicted octanol–water partition coefficient (Wildman–Crippen LogP) is 5.35. The Balaban J connectivity index is 1.44. The van der Waals surface area contributed by atoms with E-state index in [1.54, 1.807) is 18.2 Å². The van der Waals surface area contributed by atoms with Crippen molar-refractivity contribution in [3.63, 3.8) is 0 Å². The molecule has 0 aromatic heterocycles. The Morgan fingerprint density at radius 3 is 2.11 bits per heavy atom. The highest BCUT2D eigenvalue weighted by Gasteiger charge is 2.30. The first-order valence-electron chi connectivity index (χ1n) is 11.6. The maximum atomic E-state index is 12.8. The zero-order valence-corrected chi connectivity index (χ0v) is 19.9. The number of aromatic hydroxyl groups is 1. The molecule has 6 nitrogen and oxygen atoms in total. The minimum absolute atomic E-state index is 0.0756. The van der Waals surface area contributed by atoms with Gasteiger partial charge < -0.3 is 19.9 Å². The van der Waals surface area contributed by atoms with Crippen LogP contribution >= 0.6 is 0 Å².